The van der Waals surface area contributed by atoms with Crippen molar-refractivity contribution < 1.29 is 5.11 Å². The van der Waals surface area contributed by atoms with E-state index in [-0.39, 0.29) is 6.61 Å². The van der Waals surface area contributed by atoms with E-state index in [0.717, 1.165) is 22.2 Å². The lowest BCUT2D eigenvalue weighted by Gasteiger charge is -2.06. The summed E-state index contributed by atoms with van der Waals surface area (Å²) in [6.45, 7) is 0.775. The Morgan fingerprint density at radius 2 is 2.19 bits per heavy atom. The van der Waals surface area contributed by atoms with E-state index in [4.69, 9.17) is 10.8 Å². The highest BCUT2D eigenvalue weighted by atomic mass is 16.3. The molecule has 108 valence electrons. The number of hydrogen-bond donors (Lipinski definition) is 4. The molecule has 0 atom stereocenters. The number of benzene rings is 1. The Balaban J connectivity index is 1.90. The van der Waals surface area contributed by atoms with Crippen molar-refractivity contribution >= 4 is 22.7 Å². The third-order valence-electron chi connectivity index (χ3n) is 3.16. The molecule has 3 rings (SSSR count). The minimum Gasteiger partial charge on any atom is -0.396 e. The predicted octanol–water partition coefficient (Wildman–Crippen LogP) is 1.40. The van der Waals surface area contributed by atoms with Gasteiger partial charge in [0.05, 0.1) is 11.2 Å². The van der Waals surface area contributed by atoms with Crippen molar-refractivity contribution in [3.05, 3.63) is 30.5 Å². The van der Waals surface area contributed by atoms with Gasteiger partial charge in [0, 0.05) is 30.3 Å². The number of hydrogen-bond acceptors (Lipinski definition) is 6. The highest BCUT2D eigenvalue weighted by Crippen LogP contribution is 2.25. The van der Waals surface area contributed by atoms with Crippen LogP contribution in [0.15, 0.2) is 30.5 Å². The minimum atomic E-state index is 0.142. The standard InChI is InChI=1S/C14H16N6O/c15-13-10-8-9(2-3-12(10)19-20-13)11-4-6-17-14(18-11)16-5-1-7-21/h2-4,6,8,21H,1,5,7H2,(H3,15,19,20)(H,16,17,18). The molecule has 0 radical (unpaired) electrons. The first-order valence-electron chi connectivity index (χ1n) is 6.69. The first-order chi connectivity index (χ1) is 10.3. The molecule has 0 saturated carbocycles. The summed E-state index contributed by atoms with van der Waals surface area (Å²) < 4.78 is 0. The van der Waals surface area contributed by atoms with Crippen molar-refractivity contribution in [1.82, 2.24) is 20.2 Å². The number of H-pyrrole nitrogens is 1. The molecular formula is C14H16N6O. The van der Waals surface area contributed by atoms with Crippen LogP contribution in [0.25, 0.3) is 22.2 Å². The summed E-state index contributed by atoms with van der Waals surface area (Å²) in [5.74, 6) is 1.02. The Hall–Kier alpha value is -2.67. The molecule has 0 spiro atoms. The summed E-state index contributed by atoms with van der Waals surface area (Å²) in [6, 6.07) is 7.68. The monoisotopic (exact) mass is 284 g/mol. The van der Waals surface area contributed by atoms with Gasteiger partial charge in [0.2, 0.25) is 5.95 Å². The molecule has 5 N–H and O–H groups in total. The first-order valence-corrected chi connectivity index (χ1v) is 6.69. The number of aliphatic hydroxyl groups excluding tert-OH is 1. The summed E-state index contributed by atoms with van der Waals surface area (Å²) >= 11 is 0. The average Bonchev–Trinajstić information content (AvgIpc) is 2.89. The van der Waals surface area contributed by atoms with Gasteiger partial charge in [-0.15, -0.1) is 0 Å². The molecule has 0 unspecified atom stereocenters. The molecule has 21 heavy (non-hydrogen) atoms. The lowest BCUT2D eigenvalue weighted by atomic mass is 10.1. The van der Waals surface area contributed by atoms with E-state index < -0.39 is 0 Å². The minimum absolute atomic E-state index is 0.142. The Morgan fingerprint density at radius 3 is 3.05 bits per heavy atom. The molecule has 1 aromatic carbocycles. The Kier molecular flexibility index (Phi) is 3.65. The van der Waals surface area contributed by atoms with Crippen LogP contribution in [0.1, 0.15) is 6.42 Å². The van der Waals surface area contributed by atoms with Crippen molar-refractivity contribution in [3.63, 3.8) is 0 Å². The second-order valence-corrected chi connectivity index (χ2v) is 4.64. The van der Waals surface area contributed by atoms with Crippen LogP contribution in [0.2, 0.25) is 0 Å². The predicted molar refractivity (Wildman–Crippen MR) is 81.7 cm³/mol. The second-order valence-electron chi connectivity index (χ2n) is 4.64. The van der Waals surface area contributed by atoms with Crippen molar-refractivity contribution in [1.29, 1.82) is 0 Å². The zero-order chi connectivity index (χ0) is 14.7. The SMILES string of the molecule is Nc1n[nH]c2ccc(-c3ccnc(NCCCO)n3)cc12. The van der Waals surface area contributed by atoms with E-state index in [1.165, 1.54) is 0 Å². The number of anilines is 2. The summed E-state index contributed by atoms with van der Waals surface area (Å²) in [5, 5.41) is 19.6. The zero-order valence-corrected chi connectivity index (χ0v) is 11.4. The van der Waals surface area contributed by atoms with Crippen molar-refractivity contribution in [2.45, 2.75) is 6.42 Å². The zero-order valence-electron chi connectivity index (χ0n) is 11.4. The molecule has 3 aromatic rings. The van der Waals surface area contributed by atoms with E-state index in [1.807, 2.05) is 24.3 Å². The summed E-state index contributed by atoms with van der Waals surface area (Å²) in [7, 11) is 0. The first kappa shape index (κ1) is 13.3. The Morgan fingerprint density at radius 1 is 1.29 bits per heavy atom. The molecule has 0 saturated heterocycles. The number of nitrogens with one attached hydrogen (secondary N) is 2. The molecule has 0 aliphatic heterocycles. The highest BCUT2D eigenvalue weighted by molar-refractivity contribution is 5.91. The Bertz CT molecular complexity index is 754. The maximum absolute atomic E-state index is 8.78. The van der Waals surface area contributed by atoms with Gasteiger partial charge in [-0.25, -0.2) is 9.97 Å². The maximum atomic E-state index is 8.78. The van der Waals surface area contributed by atoms with Gasteiger partial charge in [0.15, 0.2) is 5.82 Å². The van der Waals surface area contributed by atoms with Crippen LogP contribution in [0, 0.1) is 0 Å². The van der Waals surface area contributed by atoms with Gasteiger partial charge in [0.1, 0.15) is 0 Å². The molecule has 0 bridgehead atoms. The molecule has 0 aliphatic carbocycles. The highest BCUT2D eigenvalue weighted by Gasteiger charge is 2.06. The molecule has 0 fully saturated rings. The van der Waals surface area contributed by atoms with Crippen molar-refractivity contribution in [2.75, 3.05) is 24.2 Å². The number of rotatable bonds is 5. The fraction of sp³-hybridized carbons (Fsp3) is 0.214. The smallest absolute Gasteiger partial charge is 0.223 e. The average molecular weight is 284 g/mol. The maximum Gasteiger partial charge on any atom is 0.223 e. The third kappa shape index (κ3) is 2.77. The van der Waals surface area contributed by atoms with Gasteiger partial charge >= 0.3 is 0 Å². The quantitative estimate of drug-likeness (QED) is 0.527. The molecule has 7 nitrogen and oxygen atoms in total. The summed E-state index contributed by atoms with van der Waals surface area (Å²) in [5.41, 5.74) is 8.47. The molecule has 2 aromatic heterocycles. The number of nitrogen functional groups attached to an aromatic ring is 1. The lowest BCUT2D eigenvalue weighted by molar-refractivity contribution is 0.292. The number of aromatic nitrogens is 4. The van der Waals surface area contributed by atoms with Crippen molar-refractivity contribution in [2.24, 2.45) is 0 Å². The van der Waals surface area contributed by atoms with Gasteiger partial charge in [-0.2, -0.15) is 5.10 Å². The van der Waals surface area contributed by atoms with E-state index in [2.05, 4.69) is 25.5 Å². The molecule has 0 amide bonds. The third-order valence-corrected chi connectivity index (χ3v) is 3.16. The molecule has 0 aliphatic rings. The van der Waals surface area contributed by atoms with E-state index in [1.54, 1.807) is 6.20 Å². The van der Waals surface area contributed by atoms with Crippen LogP contribution in [0.5, 0.6) is 0 Å². The van der Waals surface area contributed by atoms with E-state index in [9.17, 15) is 0 Å². The number of aromatic amines is 1. The fourth-order valence-electron chi connectivity index (χ4n) is 2.08. The largest absolute Gasteiger partial charge is 0.396 e. The Labute approximate surface area is 121 Å². The van der Waals surface area contributed by atoms with Crippen LogP contribution in [0.3, 0.4) is 0 Å². The van der Waals surface area contributed by atoms with Crippen LogP contribution < -0.4 is 11.1 Å². The van der Waals surface area contributed by atoms with Gasteiger partial charge < -0.3 is 16.2 Å². The number of aliphatic hydroxyl groups is 1. The van der Waals surface area contributed by atoms with Gasteiger partial charge in [-0.3, -0.25) is 5.10 Å². The van der Waals surface area contributed by atoms with Crippen LogP contribution in [-0.2, 0) is 0 Å². The molecule has 2 heterocycles. The topological polar surface area (TPSA) is 113 Å². The van der Waals surface area contributed by atoms with E-state index >= 15 is 0 Å². The molecule has 7 heteroatoms. The number of nitrogens with two attached hydrogens (primary N) is 1. The van der Waals surface area contributed by atoms with Crippen LogP contribution >= 0.6 is 0 Å². The normalized spacial score (nSPS) is 10.9. The van der Waals surface area contributed by atoms with Gasteiger partial charge in [-0.1, -0.05) is 6.07 Å². The van der Waals surface area contributed by atoms with Gasteiger partial charge in [0.25, 0.3) is 0 Å². The summed E-state index contributed by atoms with van der Waals surface area (Å²) in [6.07, 6.45) is 2.36. The lowest BCUT2D eigenvalue weighted by Crippen LogP contribution is -2.06. The van der Waals surface area contributed by atoms with Gasteiger partial charge in [-0.05, 0) is 24.6 Å². The number of nitrogens with zero attached hydrogens (tertiary/aromatic N) is 3. The van der Waals surface area contributed by atoms with Crippen LogP contribution in [-0.4, -0.2) is 38.4 Å². The van der Waals surface area contributed by atoms with E-state index in [0.29, 0.717) is 24.7 Å². The molecular weight excluding hydrogens is 268 g/mol. The van der Waals surface area contributed by atoms with Crippen molar-refractivity contribution in [3.8, 4) is 11.3 Å². The summed E-state index contributed by atoms with van der Waals surface area (Å²) in [4.78, 5) is 8.62. The second kappa shape index (κ2) is 5.76. The fourth-order valence-corrected chi connectivity index (χ4v) is 2.08. The van der Waals surface area contributed by atoms with Crippen LogP contribution in [0.4, 0.5) is 11.8 Å². The number of fused-ring (bicyclic) bond motifs is 1.